The largest absolute Gasteiger partial charge is 0.294 e. The lowest BCUT2D eigenvalue weighted by Crippen LogP contribution is -2.16. The summed E-state index contributed by atoms with van der Waals surface area (Å²) in [5.41, 5.74) is 7.16. The molecule has 3 heteroatoms. The minimum Gasteiger partial charge on any atom is -0.294 e. The quantitative estimate of drug-likeness (QED) is 0.370. The maximum atomic E-state index is 4.62. The highest BCUT2D eigenvalue weighted by Crippen LogP contribution is 2.30. The number of unbranched alkanes of at least 4 members (excludes halogenated alkanes) is 1. The van der Waals surface area contributed by atoms with Crippen LogP contribution in [0.5, 0.6) is 0 Å². The second-order valence-electron chi connectivity index (χ2n) is 7.90. The van der Waals surface area contributed by atoms with Crippen molar-refractivity contribution in [1.82, 2.24) is 9.55 Å². The Morgan fingerprint density at radius 2 is 1.89 bits per heavy atom. The van der Waals surface area contributed by atoms with E-state index in [1.165, 1.54) is 28.6 Å². The summed E-state index contributed by atoms with van der Waals surface area (Å²) in [4.78, 5) is 4.62. The molecule has 0 saturated heterocycles. The molecule has 2 aromatic heterocycles. The van der Waals surface area contributed by atoms with E-state index in [9.17, 15) is 0 Å². The molecule has 0 N–H and O–H groups in total. The molecule has 3 aromatic rings. The highest BCUT2D eigenvalue weighted by Gasteiger charge is 2.14. The molecule has 0 bridgehead atoms. The first-order valence-corrected chi connectivity index (χ1v) is 13.2. The number of nitrogens with zero attached hydrogens (tertiary/aromatic N) is 2. The normalized spacial score (nSPS) is 12.1. The average Bonchev–Trinajstić information content (AvgIpc) is 3.03. The van der Waals surface area contributed by atoms with E-state index in [0.717, 1.165) is 18.7 Å². The molecule has 0 spiro atoms. The maximum Gasteiger partial charge on any atom is 0.137 e. The van der Waals surface area contributed by atoms with Crippen LogP contribution in [0, 0.1) is 11.5 Å². The Kier molecular flexibility index (Phi) is 5.98. The molecule has 3 rings (SSSR count). The number of rotatable bonds is 5. The Morgan fingerprint density at radius 1 is 1.11 bits per heavy atom. The third-order valence-corrected chi connectivity index (χ3v) is 5.31. The Bertz CT molecular complexity index is 996. The summed E-state index contributed by atoms with van der Waals surface area (Å²) in [7, 11) is -1.39. The Balaban J connectivity index is 2.19. The topological polar surface area (TPSA) is 17.8 Å². The molecule has 0 atom stereocenters. The van der Waals surface area contributed by atoms with E-state index < -0.39 is 8.07 Å². The van der Waals surface area contributed by atoms with Gasteiger partial charge in [-0.25, -0.2) is 4.98 Å². The van der Waals surface area contributed by atoms with Gasteiger partial charge in [-0.2, -0.15) is 0 Å². The van der Waals surface area contributed by atoms with Gasteiger partial charge in [0, 0.05) is 11.6 Å². The van der Waals surface area contributed by atoms with Gasteiger partial charge in [-0.05, 0) is 48.8 Å². The van der Waals surface area contributed by atoms with Crippen molar-refractivity contribution in [2.24, 2.45) is 0 Å². The van der Waals surface area contributed by atoms with Gasteiger partial charge in [0.05, 0.1) is 11.2 Å². The number of hydrogen-bond acceptors (Lipinski definition) is 1. The number of benzene rings is 1. The molecular formula is C24H28N2Si. The van der Waals surface area contributed by atoms with E-state index in [4.69, 9.17) is 0 Å². The molecule has 0 radical (unpaired) electrons. The van der Waals surface area contributed by atoms with Gasteiger partial charge in [0.25, 0.3) is 0 Å². The minimum atomic E-state index is -1.39. The summed E-state index contributed by atoms with van der Waals surface area (Å²) in [6.45, 7) is 9.08. The van der Waals surface area contributed by atoms with E-state index in [-0.39, 0.29) is 0 Å². The number of para-hydroxylation sites is 1. The summed E-state index contributed by atoms with van der Waals surface area (Å²) in [6.07, 6.45) is 7.35. The first kappa shape index (κ1) is 19.2. The van der Waals surface area contributed by atoms with Gasteiger partial charge in [-0.3, -0.25) is 4.57 Å². The van der Waals surface area contributed by atoms with Gasteiger partial charge in [0.15, 0.2) is 0 Å². The third-order valence-electron chi connectivity index (χ3n) is 4.41. The molecule has 0 fully saturated rings. The van der Waals surface area contributed by atoms with Crippen LogP contribution < -0.4 is 0 Å². The van der Waals surface area contributed by atoms with Crippen LogP contribution in [0.15, 0.2) is 60.8 Å². The fourth-order valence-electron chi connectivity index (χ4n) is 3.11. The molecule has 27 heavy (non-hydrogen) atoms. The lowest BCUT2D eigenvalue weighted by molar-refractivity contribution is 0.819. The van der Waals surface area contributed by atoms with E-state index in [1.807, 2.05) is 18.3 Å². The SMILES string of the molecule is CCCC/C(=C\C#C[Si](C)(C)C)c1cc2ccccc2n1-c1ccccn1. The van der Waals surface area contributed by atoms with E-state index >= 15 is 0 Å². The summed E-state index contributed by atoms with van der Waals surface area (Å²) < 4.78 is 2.27. The zero-order chi connectivity index (χ0) is 19.3. The summed E-state index contributed by atoms with van der Waals surface area (Å²) >= 11 is 0. The van der Waals surface area contributed by atoms with Gasteiger partial charge < -0.3 is 0 Å². The predicted octanol–water partition coefficient (Wildman–Crippen LogP) is 6.48. The van der Waals surface area contributed by atoms with Crippen LogP contribution in [0.1, 0.15) is 31.9 Å². The van der Waals surface area contributed by atoms with Crippen molar-refractivity contribution < 1.29 is 0 Å². The molecule has 0 unspecified atom stereocenters. The zero-order valence-electron chi connectivity index (χ0n) is 16.8. The van der Waals surface area contributed by atoms with Crippen LogP contribution >= 0.6 is 0 Å². The first-order chi connectivity index (χ1) is 13.0. The van der Waals surface area contributed by atoms with E-state index in [2.05, 4.69) is 90.1 Å². The smallest absolute Gasteiger partial charge is 0.137 e. The second-order valence-corrected chi connectivity index (χ2v) is 12.7. The molecule has 138 valence electrons. The van der Waals surface area contributed by atoms with Crippen molar-refractivity contribution in [3.05, 3.63) is 66.5 Å². The summed E-state index contributed by atoms with van der Waals surface area (Å²) in [5.74, 6) is 4.32. The van der Waals surface area contributed by atoms with E-state index in [0.29, 0.717) is 0 Å². The minimum absolute atomic E-state index is 0.953. The number of allylic oxidation sites excluding steroid dienone is 2. The summed E-state index contributed by atoms with van der Waals surface area (Å²) in [6, 6.07) is 16.9. The molecule has 1 aromatic carbocycles. The lowest BCUT2D eigenvalue weighted by atomic mass is 10.0. The Morgan fingerprint density at radius 3 is 2.59 bits per heavy atom. The van der Waals surface area contributed by atoms with Gasteiger partial charge in [0.1, 0.15) is 13.9 Å². The van der Waals surface area contributed by atoms with Crippen LogP contribution in [0.3, 0.4) is 0 Å². The number of pyridine rings is 1. The zero-order valence-corrected chi connectivity index (χ0v) is 17.8. The molecule has 0 aliphatic heterocycles. The highest BCUT2D eigenvalue weighted by molar-refractivity contribution is 6.83. The Labute approximate surface area is 164 Å². The molecule has 0 aliphatic rings. The van der Waals surface area contributed by atoms with Crippen LogP contribution in [0.4, 0.5) is 0 Å². The van der Waals surface area contributed by atoms with Gasteiger partial charge >= 0.3 is 0 Å². The fourth-order valence-corrected chi connectivity index (χ4v) is 3.61. The average molecular weight is 373 g/mol. The van der Waals surface area contributed by atoms with Crippen LogP contribution in [-0.2, 0) is 0 Å². The van der Waals surface area contributed by atoms with Crippen molar-refractivity contribution in [3.8, 4) is 17.3 Å². The third kappa shape index (κ3) is 4.78. The predicted molar refractivity (Wildman–Crippen MR) is 120 cm³/mol. The van der Waals surface area contributed by atoms with Gasteiger partial charge in [-0.1, -0.05) is 63.2 Å². The molecule has 0 amide bonds. The molecule has 2 heterocycles. The maximum absolute atomic E-state index is 4.62. The fraction of sp³-hybridized carbons (Fsp3) is 0.292. The molecular weight excluding hydrogens is 344 g/mol. The van der Waals surface area contributed by atoms with Crippen molar-refractivity contribution in [3.63, 3.8) is 0 Å². The van der Waals surface area contributed by atoms with Gasteiger partial charge in [0.2, 0.25) is 0 Å². The number of hydrogen-bond donors (Lipinski definition) is 0. The monoisotopic (exact) mass is 372 g/mol. The standard InChI is InChI=1S/C24H28N2Si/c1-5-6-12-20(14-11-18-27(2,3)4)23-19-21-13-7-8-15-22(21)26(23)24-16-9-10-17-25-24/h7-10,13-17,19H,5-6,12H2,1-4H3/b20-14+. The van der Waals surface area contributed by atoms with Crippen molar-refractivity contribution in [1.29, 1.82) is 0 Å². The first-order valence-electron chi connectivity index (χ1n) is 9.73. The molecule has 0 aliphatic carbocycles. The second kappa shape index (κ2) is 8.41. The molecule has 0 saturated carbocycles. The highest BCUT2D eigenvalue weighted by atomic mass is 28.3. The van der Waals surface area contributed by atoms with Crippen LogP contribution in [0.25, 0.3) is 22.3 Å². The van der Waals surface area contributed by atoms with Gasteiger partial charge in [-0.15, -0.1) is 5.54 Å². The van der Waals surface area contributed by atoms with Crippen LogP contribution in [-0.4, -0.2) is 17.6 Å². The molecule has 2 nitrogen and oxygen atoms in total. The van der Waals surface area contributed by atoms with Crippen molar-refractivity contribution in [2.45, 2.75) is 45.8 Å². The van der Waals surface area contributed by atoms with Crippen LogP contribution in [0.2, 0.25) is 19.6 Å². The number of aromatic nitrogens is 2. The lowest BCUT2D eigenvalue weighted by Gasteiger charge is -2.12. The summed E-state index contributed by atoms with van der Waals surface area (Å²) in [5, 5.41) is 1.23. The Hall–Kier alpha value is -2.57. The number of fused-ring (bicyclic) bond motifs is 1. The van der Waals surface area contributed by atoms with Crippen molar-refractivity contribution >= 4 is 24.5 Å². The van der Waals surface area contributed by atoms with Crippen molar-refractivity contribution in [2.75, 3.05) is 0 Å². The van der Waals surface area contributed by atoms with E-state index in [1.54, 1.807) is 0 Å².